The topological polar surface area (TPSA) is 59.5 Å². The van der Waals surface area contributed by atoms with E-state index in [2.05, 4.69) is 37.8 Å². The van der Waals surface area contributed by atoms with Crippen molar-refractivity contribution in [3.05, 3.63) is 22.8 Å². The number of fused-ring (bicyclic) bond motifs is 1. The van der Waals surface area contributed by atoms with E-state index >= 15 is 0 Å². The molecule has 0 aromatic carbocycles. The van der Waals surface area contributed by atoms with Gasteiger partial charge >= 0.3 is 0 Å². The summed E-state index contributed by atoms with van der Waals surface area (Å²) in [6.07, 6.45) is 2.92. The Hall–Kier alpha value is -1.14. The van der Waals surface area contributed by atoms with E-state index in [4.69, 9.17) is 5.73 Å². The zero-order chi connectivity index (χ0) is 12.7. The third-order valence-corrected chi connectivity index (χ3v) is 4.01. The summed E-state index contributed by atoms with van der Waals surface area (Å²) >= 11 is 3.44. The molecular weight excluding hydrogens is 294 g/mol. The minimum Gasteiger partial charge on any atom is -0.339 e. The molecule has 2 N–H and O–H groups in total. The van der Waals surface area contributed by atoms with E-state index < -0.39 is 0 Å². The first-order valence-corrected chi connectivity index (χ1v) is 6.95. The molecule has 6 heteroatoms. The molecule has 2 atom stereocenters. The Balaban J connectivity index is 1.90. The molecule has 2 unspecified atom stereocenters. The minimum atomic E-state index is 0.299. The van der Waals surface area contributed by atoms with Gasteiger partial charge in [0.25, 0.3) is 0 Å². The Morgan fingerprint density at radius 1 is 1.44 bits per heavy atom. The maximum absolute atomic E-state index is 6.03. The van der Waals surface area contributed by atoms with Crippen molar-refractivity contribution in [1.29, 1.82) is 0 Å². The van der Waals surface area contributed by atoms with Gasteiger partial charge in [-0.2, -0.15) is 4.98 Å². The maximum atomic E-state index is 6.03. The summed E-state index contributed by atoms with van der Waals surface area (Å²) in [7, 11) is 0. The van der Waals surface area contributed by atoms with Crippen molar-refractivity contribution in [3.8, 4) is 0 Å². The fourth-order valence-electron chi connectivity index (χ4n) is 2.33. The van der Waals surface area contributed by atoms with E-state index in [1.165, 1.54) is 0 Å². The van der Waals surface area contributed by atoms with E-state index in [9.17, 15) is 0 Å². The summed E-state index contributed by atoms with van der Waals surface area (Å²) in [4.78, 5) is 6.77. The quantitative estimate of drug-likeness (QED) is 0.870. The molecule has 1 fully saturated rings. The molecule has 3 heterocycles. The largest absolute Gasteiger partial charge is 0.339 e. The number of halogens is 1. The fraction of sp³-hybridized carbons (Fsp3) is 0.500. The molecule has 5 nitrogen and oxygen atoms in total. The average molecular weight is 310 g/mol. The first-order chi connectivity index (χ1) is 8.63. The van der Waals surface area contributed by atoms with Crippen molar-refractivity contribution in [2.45, 2.75) is 19.4 Å². The van der Waals surface area contributed by atoms with Crippen LogP contribution in [0, 0.1) is 5.92 Å². The van der Waals surface area contributed by atoms with Gasteiger partial charge in [-0.25, -0.2) is 4.52 Å². The number of pyridine rings is 1. The molecule has 0 amide bonds. The van der Waals surface area contributed by atoms with Crippen molar-refractivity contribution in [2.75, 3.05) is 18.0 Å². The lowest BCUT2D eigenvalue weighted by atomic mass is 9.95. The summed E-state index contributed by atoms with van der Waals surface area (Å²) in [5.74, 6) is 1.28. The second kappa shape index (κ2) is 4.51. The van der Waals surface area contributed by atoms with Crippen LogP contribution in [-0.2, 0) is 0 Å². The van der Waals surface area contributed by atoms with Gasteiger partial charge in [-0.1, -0.05) is 6.92 Å². The summed E-state index contributed by atoms with van der Waals surface area (Å²) in [6, 6.07) is 4.23. The number of aromatic nitrogens is 3. The van der Waals surface area contributed by atoms with Gasteiger partial charge in [0, 0.05) is 29.8 Å². The van der Waals surface area contributed by atoms with E-state index in [0.29, 0.717) is 12.0 Å². The van der Waals surface area contributed by atoms with Crippen molar-refractivity contribution < 1.29 is 0 Å². The van der Waals surface area contributed by atoms with Crippen LogP contribution in [0.3, 0.4) is 0 Å². The molecular formula is C12H16BrN5. The van der Waals surface area contributed by atoms with Crippen molar-refractivity contribution in [1.82, 2.24) is 14.6 Å². The highest BCUT2D eigenvalue weighted by Crippen LogP contribution is 2.20. The second-order valence-electron chi connectivity index (χ2n) is 4.94. The van der Waals surface area contributed by atoms with Crippen LogP contribution in [-0.4, -0.2) is 33.7 Å². The molecule has 96 valence electrons. The number of piperidine rings is 1. The fourth-order valence-corrected chi connectivity index (χ4v) is 2.65. The molecule has 3 rings (SSSR count). The van der Waals surface area contributed by atoms with Gasteiger partial charge in [-0.05, 0) is 40.4 Å². The second-order valence-corrected chi connectivity index (χ2v) is 5.85. The average Bonchev–Trinajstić information content (AvgIpc) is 2.75. The lowest BCUT2D eigenvalue weighted by molar-refractivity contribution is 0.380. The highest BCUT2D eigenvalue weighted by Gasteiger charge is 2.25. The van der Waals surface area contributed by atoms with Crippen molar-refractivity contribution >= 4 is 27.5 Å². The van der Waals surface area contributed by atoms with Crippen LogP contribution in [0.2, 0.25) is 0 Å². The number of nitrogens with two attached hydrogens (primary N) is 1. The molecule has 1 aliphatic heterocycles. The first kappa shape index (κ1) is 11.9. The van der Waals surface area contributed by atoms with E-state index in [1.54, 1.807) is 4.52 Å². The third kappa shape index (κ3) is 2.10. The Bertz CT molecular complexity index is 567. The Kier molecular flexibility index (Phi) is 2.99. The smallest absolute Gasteiger partial charge is 0.245 e. The molecule has 0 aliphatic carbocycles. The molecule has 0 spiro atoms. The van der Waals surface area contributed by atoms with Gasteiger partial charge in [0.15, 0.2) is 5.65 Å². The summed E-state index contributed by atoms with van der Waals surface area (Å²) in [5, 5.41) is 4.52. The number of anilines is 1. The zero-order valence-electron chi connectivity index (χ0n) is 10.3. The highest BCUT2D eigenvalue weighted by molar-refractivity contribution is 9.10. The van der Waals surface area contributed by atoms with E-state index in [-0.39, 0.29) is 0 Å². The zero-order valence-corrected chi connectivity index (χ0v) is 11.8. The van der Waals surface area contributed by atoms with E-state index in [0.717, 1.165) is 35.6 Å². The normalized spacial score (nSPS) is 24.7. The standard InChI is InChI=1S/C12H16BrN5/c1-8-6-17(5-4-10(8)14)12-15-11-3-2-9(13)7-18(11)16-12/h2-3,7-8,10H,4-6,14H2,1H3. The van der Waals surface area contributed by atoms with Gasteiger partial charge in [0.2, 0.25) is 5.95 Å². The lowest BCUT2D eigenvalue weighted by Gasteiger charge is -2.34. The van der Waals surface area contributed by atoms with Gasteiger partial charge in [-0.15, -0.1) is 5.10 Å². The molecule has 0 saturated carbocycles. The van der Waals surface area contributed by atoms with Crippen LogP contribution in [0.25, 0.3) is 5.65 Å². The SMILES string of the molecule is CC1CN(c2nc3ccc(Br)cn3n2)CCC1N. The first-order valence-electron chi connectivity index (χ1n) is 6.16. The molecule has 1 aliphatic rings. The van der Waals surface area contributed by atoms with Gasteiger partial charge in [0.1, 0.15) is 0 Å². The Labute approximate surface area is 114 Å². The van der Waals surface area contributed by atoms with Crippen LogP contribution < -0.4 is 10.6 Å². The number of nitrogens with zero attached hydrogens (tertiary/aromatic N) is 4. The number of rotatable bonds is 1. The Morgan fingerprint density at radius 2 is 2.28 bits per heavy atom. The molecule has 0 radical (unpaired) electrons. The molecule has 1 saturated heterocycles. The highest BCUT2D eigenvalue weighted by atomic mass is 79.9. The Morgan fingerprint density at radius 3 is 3.06 bits per heavy atom. The van der Waals surface area contributed by atoms with Crippen LogP contribution in [0.15, 0.2) is 22.8 Å². The van der Waals surface area contributed by atoms with Crippen LogP contribution in [0.5, 0.6) is 0 Å². The predicted molar refractivity (Wildman–Crippen MR) is 74.7 cm³/mol. The van der Waals surface area contributed by atoms with Crippen LogP contribution in [0.1, 0.15) is 13.3 Å². The minimum absolute atomic E-state index is 0.299. The van der Waals surface area contributed by atoms with Crippen molar-refractivity contribution in [2.24, 2.45) is 11.7 Å². The van der Waals surface area contributed by atoms with Gasteiger partial charge in [-0.3, -0.25) is 0 Å². The monoisotopic (exact) mass is 309 g/mol. The van der Waals surface area contributed by atoms with Gasteiger partial charge < -0.3 is 10.6 Å². The van der Waals surface area contributed by atoms with E-state index in [1.807, 2.05) is 18.3 Å². The lowest BCUT2D eigenvalue weighted by Crippen LogP contribution is -2.46. The predicted octanol–water partition coefficient (Wildman–Crippen LogP) is 1.67. The molecule has 2 aromatic heterocycles. The number of hydrogen-bond acceptors (Lipinski definition) is 4. The third-order valence-electron chi connectivity index (χ3n) is 3.54. The molecule has 18 heavy (non-hydrogen) atoms. The van der Waals surface area contributed by atoms with Crippen LogP contribution >= 0.6 is 15.9 Å². The molecule has 2 aromatic rings. The summed E-state index contributed by atoms with van der Waals surface area (Å²) < 4.78 is 2.80. The summed E-state index contributed by atoms with van der Waals surface area (Å²) in [5.41, 5.74) is 6.91. The maximum Gasteiger partial charge on any atom is 0.245 e. The number of hydrogen-bond donors (Lipinski definition) is 1. The van der Waals surface area contributed by atoms with Crippen molar-refractivity contribution in [3.63, 3.8) is 0 Å². The van der Waals surface area contributed by atoms with Gasteiger partial charge in [0.05, 0.1) is 0 Å². The van der Waals surface area contributed by atoms with Crippen LogP contribution in [0.4, 0.5) is 5.95 Å². The molecule has 0 bridgehead atoms. The summed E-state index contributed by atoms with van der Waals surface area (Å²) in [6.45, 7) is 4.05.